The van der Waals surface area contributed by atoms with Crippen LogP contribution in [0.25, 0.3) is 0 Å². The SMILES string of the molecule is COc1ccc(C(c2ccc(OC(=O)O)cc2)N(Cc2ccc(C(=O)O)cc2)CC(O)O)c(OC)c1. The van der Waals surface area contributed by atoms with E-state index in [4.69, 9.17) is 19.3 Å². The molecular weight excluding hydrogens is 470 g/mol. The fourth-order valence-electron chi connectivity index (χ4n) is 3.91. The van der Waals surface area contributed by atoms with Gasteiger partial charge in [-0.05, 0) is 47.5 Å². The number of aliphatic hydroxyl groups is 2. The number of ether oxygens (including phenoxy) is 3. The first-order chi connectivity index (χ1) is 17.2. The van der Waals surface area contributed by atoms with E-state index in [2.05, 4.69) is 0 Å². The maximum Gasteiger partial charge on any atom is 0.511 e. The molecular formula is C26H27NO9. The standard InChI is InChI=1S/C26H27NO9/c1-34-20-11-12-21(22(13-20)35-2)24(17-7-9-19(10-8-17)36-26(32)33)27(15-23(28)29)14-16-3-5-18(6-4-16)25(30)31/h3-13,23-24,28-29H,14-15H2,1-2H3,(H,30,31)(H,32,33). The lowest BCUT2D eigenvalue weighted by Crippen LogP contribution is -2.36. The number of benzene rings is 3. The van der Waals surface area contributed by atoms with Crippen molar-refractivity contribution in [3.63, 3.8) is 0 Å². The highest BCUT2D eigenvalue weighted by Gasteiger charge is 2.28. The minimum Gasteiger partial charge on any atom is -0.497 e. The highest BCUT2D eigenvalue weighted by atomic mass is 16.7. The van der Waals surface area contributed by atoms with Gasteiger partial charge in [0.25, 0.3) is 0 Å². The molecule has 36 heavy (non-hydrogen) atoms. The smallest absolute Gasteiger partial charge is 0.497 e. The molecule has 0 fully saturated rings. The van der Waals surface area contributed by atoms with E-state index in [0.717, 1.165) is 5.56 Å². The Hall–Kier alpha value is -4.12. The minimum atomic E-state index is -1.68. The van der Waals surface area contributed by atoms with E-state index in [1.807, 2.05) is 0 Å². The Morgan fingerprint density at radius 1 is 0.861 bits per heavy atom. The average molecular weight is 498 g/mol. The van der Waals surface area contributed by atoms with Gasteiger partial charge in [-0.25, -0.2) is 9.59 Å². The van der Waals surface area contributed by atoms with E-state index in [1.165, 1.54) is 38.5 Å². The van der Waals surface area contributed by atoms with Crippen LogP contribution in [0.1, 0.15) is 33.1 Å². The Bertz CT molecular complexity index is 1180. The molecule has 0 saturated heterocycles. The molecule has 0 aromatic heterocycles. The molecule has 190 valence electrons. The molecule has 4 N–H and O–H groups in total. The Morgan fingerprint density at radius 2 is 1.50 bits per heavy atom. The maximum atomic E-state index is 11.2. The number of methoxy groups -OCH3 is 2. The first kappa shape index (κ1) is 26.5. The van der Waals surface area contributed by atoms with E-state index in [9.17, 15) is 24.9 Å². The Labute approximate surface area is 207 Å². The summed E-state index contributed by atoms with van der Waals surface area (Å²) in [5, 5.41) is 37.9. The Kier molecular flexibility index (Phi) is 8.85. The van der Waals surface area contributed by atoms with Crippen LogP contribution in [0.2, 0.25) is 0 Å². The van der Waals surface area contributed by atoms with E-state index >= 15 is 0 Å². The monoisotopic (exact) mass is 497 g/mol. The molecule has 1 unspecified atom stereocenters. The summed E-state index contributed by atoms with van der Waals surface area (Å²) < 4.78 is 15.6. The van der Waals surface area contributed by atoms with Crippen molar-refractivity contribution in [3.05, 3.63) is 89.0 Å². The van der Waals surface area contributed by atoms with Crippen LogP contribution in [-0.2, 0) is 6.54 Å². The third-order valence-corrected chi connectivity index (χ3v) is 5.49. The van der Waals surface area contributed by atoms with E-state index in [-0.39, 0.29) is 24.4 Å². The van der Waals surface area contributed by atoms with Crippen molar-refractivity contribution >= 4 is 12.1 Å². The zero-order chi connectivity index (χ0) is 26.2. The summed E-state index contributed by atoms with van der Waals surface area (Å²) >= 11 is 0. The van der Waals surface area contributed by atoms with Crippen molar-refractivity contribution in [2.45, 2.75) is 18.9 Å². The molecule has 1 atom stereocenters. The topological polar surface area (TPSA) is 146 Å². The number of aliphatic hydroxyl groups excluding tert-OH is 1. The number of hydrogen-bond donors (Lipinski definition) is 4. The van der Waals surface area contributed by atoms with E-state index in [1.54, 1.807) is 47.4 Å². The van der Waals surface area contributed by atoms with Crippen LogP contribution < -0.4 is 14.2 Å². The minimum absolute atomic E-state index is 0.129. The van der Waals surface area contributed by atoms with Gasteiger partial charge in [0.05, 0.1) is 32.4 Å². The molecule has 0 aliphatic heterocycles. The largest absolute Gasteiger partial charge is 0.511 e. The molecule has 0 bridgehead atoms. The van der Waals surface area contributed by atoms with Gasteiger partial charge in [-0.2, -0.15) is 0 Å². The summed E-state index contributed by atoms with van der Waals surface area (Å²) in [5.41, 5.74) is 2.26. The predicted molar refractivity (Wildman–Crippen MR) is 129 cm³/mol. The summed E-state index contributed by atoms with van der Waals surface area (Å²) in [4.78, 5) is 23.9. The van der Waals surface area contributed by atoms with Crippen molar-refractivity contribution in [1.29, 1.82) is 0 Å². The van der Waals surface area contributed by atoms with Gasteiger partial charge < -0.3 is 34.6 Å². The van der Waals surface area contributed by atoms with Crippen LogP contribution in [0.5, 0.6) is 17.2 Å². The van der Waals surface area contributed by atoms with Gasteiger partial charge in [-0.1, -0.05) is 24.3 Å². The van der Waals surface area contributed by atoms with Gasteiger partial charge in [-0.3, -0.25) is 4.90 Å². The van der Waals surface area contributed by atoms with Gasteiger partial charge >= 0.3 is 12.1 Å². The summed E-state index contributed by atoms with van der Waals surface area (Å²) in [7, 11) is 3.04. The maximum absolute atomic E-state index is 11.2. The zero-order valence-electron chi connectivity index (χ0n) is 19.7. The average Bonchev–Trinajstić information content (AvgIpc) is 2.85. The van der Waals surface area contributed by atoms with Gasteiger partial charge in [0.2, 0.25) is 0 Å². The second-order valence-corrected chi connectivity index (χ2v) is 7.86. The Morgan fingerprint density at radius 3 is 2.03 bits per heavy atom. The van der Waals surface area contributed by atoms with E-state index < -0.39 is 24.5 Å². The first-order valence-electron chi connectivity index (χ1n) is 10.9. The molecule has 0 heterocycles. The van der Waals surface area contributed by atoms with Crippen LogP contribution >= 0.6 is 0 Å². The molecule has 0 amide bonds. The molecule has 0 spiro atoms. The molecule has 3 aromatic carbocycles. The number of nitrogens with zero attached hydrogens (tertiary/aromatic N) is 1. The second-order valence-electron chi connectivity index (χ2n) is 7.86. The molecule has 3 rings (SSSR count). The summed E-state index contributed by atoms with van der Waals surface area (Å²) in [6.45, 7) is 0.0681. The molecule has 0 saturated carbocycles. The quantitative estimate of drug-likeness (QED) is 0.177. The Balaban J connectivity index is 2.10. The fourth-order valence-corrected chi connectivity index (χ4v) is 3.91. The van der Waals surface area contributed by atoms with Crippen LogP contribution in [0.15, 0.2) is 66.7 Å². The number of carboxylic acid groups (broad SMARTS) is 2. The normalized spacial score (nSPS) is 11.8. The third kappa shape index (κ3) is 6.72. The van der Waals surface area contributed by atoms with Gasteiger partial charge in [0.15, 0.2) is 6.29 Å². The van der Waals surface area contributed by atoms with E-state index in [0.29, 0.717) is 22.6 Å². The third-order valence-electron chi connectivity index (χ3n) is 5.49. The predicted octanol–water partition coefficient (Wildman–Crippen LogP) is 3.36. The summed E-state index contributed by atoms with van der Waals surface area (Å²) in [6.07, 6.45) is -3.12. The zero-order valence-corrected chi connectivity index (χ0v) is 19.7. The van der Waals surface area contributed by atoms with Gasteiger partial charge in [-0.15, -0.1) is 0 Å². The van der Waals surface area contributed by atoms with Crippen LogP contribution in [0.3, 0.4) is 0 Å². The van der Waals surface area contributed by atoms with Crippen molar-refractivity contribution < 1.29 is 44.2 Å². The second kappa shape index (κ2) is 12.0. The van der Waals surface area contributed by atoms with Crippen molar-refractivity contribution in [2.24, 2.45) is 0 Å². The molecule has 0 radical (unpaired) electrons. The summed E-state index contributed by atoms with van der Waals surface area (Å²) in [5.74, 6) is 0.139. The lowest BCUT2D eigenvalue weighted by Gasteiger charge is -2.34. The number of hydrogen-bond acceptors (Lipinski definition) is 8. The highest BCUT2D eigenvalue weighted by Crippen LogP contribution is 2.38. The number of carboxylic acids is 1. The van der Waals surface area contributed by atoms with Crippen molar-refractivity contribution in [2.75, 3.05) is 20.8 Å². The van der Waals surface area contributed by atoms with Crippen molar-refractivity contribution in [1.82, 2.24) is 4.90 Å². The van der Waals surface area contributed by atoms with Crippen molar-refractivity contribution in [3.8, 4) is 17.2 Å². The van der Waals surface area contributed by atoms with Crippen LogP contribution in [-0.4, -0.2) is 64.5 Å². The molecule has 10 heteroatoms. The fraction of sp³-hybridized carbons (Fsp3) is 0.231. The van der Waals surface area contributed by atoms with Crippen LogP contribution in [0.4, 0.5) is 4.79 Å². The highest BCUT2D eigenvalue weighted by molar-refractivity contribution is 5.87. The first-order valence-corrected chi connectivity index (χ1v) is 10.9. The molecule has 10 nitrogen and oxygen atoms in total. The number of aromatic carboxylic acids is 1. The van der Waals surface area contributed by atoms with Crippen LogP contribution in [0, 0.1) is 0 Å². The lowest BCUT2D eigenvalue weighted by molar-refractivity contribution is -0.0678. The molecule has 3 aromatic rings. The lowest BCUT2D eigenvalue weighted by atomic mass is 9.95. The molecule has 0 aliphatic carbocycles. The molecule has 0 aliphatic rings. The van der Waals surface area contributed by atoms with Gasteiger partial charge in [0, 0.05) is 18.2 Å². The number of rotatable bonds is 11. The summed E-state index contributed by atoms with van der Waals surface area (Å²) in [6, 6.07) is 17.3. The number of carbonyl (C=O) groups is 2. The van der Waals surface area contributed by atoms with Gasteiger partial charge in [0.1, 0.15) is 17.2 Å².